The van der Waals surface area contributed by atoms with Gasteiger partial charge in [0.05, 0.1) is 17.8 Å². The zero-order valence-corrected chi connectivity index (χ0v) is 19.7. The van der Waals surface area contributed by atoms with E-state index >= 15 is 0 Å². The molecule has 0 radical (unpaired) electrons. The van der Waals surface area contributed by atoms with Crippen molar-refractivity contribution in [1.29, 1.82) is 0 Å². The zero-order valence-electron chi connectivity index (χ0n) is 18.9. The van der Waals surface area contributed by atoms with Gasteiger partial charge in [-0.25, -0.2) is 0 Å². The molecule has 2 aromatic carbocycles. The number of carbonyl (C=O) groups excluding carboxylic acids is 1. The van der Waals surface area contributed by atoms with Gasteiger partial charge in [0, 0.05) is 42.4 Å². The van der Waals surface area contributed by atoms with Gasteiger partial charge in [-0.2, -0.15) is 0 Å². The topological polar surface area (TPSA) is 82.4 Å². The van der Waals surface area contributed by atoms with Gasteiger partial charge in [-0.3, -0.25) is 9.78 Å². The largest absolute Gasteiger partial charge is 0.508 e. The average Bonchev–Trinajstić information content (AvgIpc) is 3.48. The van der Waals surface area contributed by atoms with Crippen LogP contribution in [0.2, 0.25) is 0 Å². The molecule has 0 saturated carbocycles. The second-order valence-corrected chi connectivity index (χ2v) is 8.69. The average molecular weight is 484 g/mol. The molecule has 2 aromatic heterocycles. The van der Waals surface area contributed by atoms with Crippen LogP contribution in [0, 0.1) is 0 Å². The Morgan fingerprint density at radius 3 is 2.51 bits per heavy atom. The third-order valence-corrected chi connectivity index (χ3v) is 6.40. The molecule has 3 N–H and O–H groups in total. The van der Waals surface area contributed by atoms with Crippen molar-refractivity contribution in [2.75, 3.05) is 11.9 Å². The fourth-order valence-corrected chi connectivity index (χ4v) is 4.75. The van der Waals surface area contributed by atoms with Crippen molar-refractivity contribution < 1.29 is 9.90 Å². The number of hydrogen-bond donors (Lipinski definition) is 3. The maximum absolute atomic E-state index is 12.7. The van der Waals surface area contributed by atoms with Crippen molar-refractivity contribution in [1.82, 2.24) is 19.8 Å². The molecule has 1 saturated heterocycles. The predicted molar refractivity (Wildman–Crippen MR) is 139 cm³/mol. The summed E-state index contributed by atoms with van der Waals surface area (Å²) in [5.74, 6) is 0.136. The molecular weight excluding hydrogens is 458 g/mol. The maximum Gasteiger partial charge on any atom is 0.226 e. The second-order valence-electron chi connectivity index (χ2n) is 8.30. The van der Waals surface area contributed by atoms with Crippen molar-refractivity contribution >= 4 is 28.9 Å². The minimum Gasteiger partial charge on any atom is -0.508 e. The third kappa shape index (κ3) is 4.88. The number of nitrogens with one attached hydrogen (secondary N) is 2. The summed E-state index contributed by atoms with van der Waals surface area (Å²) in [6.07, 6.45) is 4.03. The Labute approximate surface area is 209 Å². The highest BCUT2D eigenvalue weighted by atomic mass is 32.1. The van der Waals surface area contributed by atoms with Gasteiger partial charge in [0.1, 0.15) is 5.75 Å². The Kier molecular flexibility index (Phi) is 6.45. The van der Waals surface area contributed by atoms with Gasteiger partial charge in [0.25, 0.3) is 0 Å². The van der Waals surface area contributed by atoms with Crippen LogP contribution < -0.4 is 10.6 Å². The van der Waals surface area contributed by atoms with Crippen LogP contribution in [0.5, 0.6) is 5.75 Å². The number of pyridine rings is 1. The van der Waals surface area contributed by atoms with Crippen LogP contribution in [-0.4, -0.2) is 37.1 Å². The van der Waals surface area contributed by atoms with Crippen LogP contribution in [0.25, 0.3) is 5.69 Å². The number of rotatable bonds is 7. The monoisotopic (exact) mass is 483 g/mol. The number of benzene rings is 2. The molecule has 7 nitrogen and oxygen atoms in total. The highest BCUT2D eigenvalue weighted by Crippen LogP contribution is 2.39. The molecule has 0 aliphatic carbocycles. The van der Waals surface area contributed by atoms with E-state index < -0.39 is 0 Å². The number of hydrogen-bond acceptors (Lipinski definition) is 4. The lowest BCUT2D eigenvalue weighted by Gasteiger charge is -2.28. The number of carbonyl (C=O) groups is 1. The molecule has 1 aliphatic heterocycles. The van der Waals surface area contributed by atoms with Crippen LogP contribution in [0.3, 0.4) is 0 Å². The molecule has 35 heavy (non-hydrogen) atoms. The van der Waals surface area contributed by atoms with Crippen molar-refractivity contribution in [3.05, 3.63) is 109 Å². The number of para-hydroxylation sites is 1. The molecule has 3 heterocycles. The van der Waals surface area contributed by atoms with Crippen molar-refractivity contribution in [3.8, 4) is 11.4 Å². The second kappa shape index (κ2) is 9.99. The Balaban J connectivity index is 1.45. The first-order chi connectivity index (χ1) is 17.1. The number of aromatic hydroxyl groups is 1. The summed E-state index contributed by atoms with van der Waals surface area (Å²) < 4.78 is 2.08. The van der Waals surface area contributed by atoms with Crippen molar-refractivity contribution in [2.24, 2.45) is 0 Å². The molecule has 5 rings (SSSR count). The fraction of sp³-hybridized carbons (Fsp3) is 0.148. The minimum absolute atomic E-state index is 0.0760. The number of thiocarbonyl (C=S) groups is 1. The van der Waals surface area contributed by atoms with E-state index in [4.69, 9.17) is 12.2 Å². The SMILES string of the molecule is O=C(CCN1C(=S)NC(c2ccccn2)C1c1cccn1-c1ccc(O)cc1)Nc1ccccc1. The standard InChI is InChI=1S/C27H25N5O2S/c33-21-13-11-20(12-14-21)31-17-6-10-23(31)26-25(22-9-4-5-16-28-22)30-27(35)32(26)18-15-24(34)29-19-7-2-1-3-8-19/h1-14,16-17,25-26,33H,15,18H2,(H,29,34)(H,30,35). The van der Waals surface area contributed by atoms with Gasteiger partial charge in [-0.1, -0.05) is 24.3 Å². The maximum atomic E-state index is 12.7. The van der Waals surface area contributed by atoms with E-state index in [0.29, 0.717) is 11.7 Å². The summed E-state index contributed by atoms with van der Waals surface area (Å²) in [7, 11) is 0. The molecule has 0 bridgehead atoms. The number of phenols is 1. The fourth-order valence-electron chi connectivity index (χ4n) is 4.42. The van der Waals surface area contributed by atoms with E-state index in [2.05, 4.69) is 31.2 Å². The van der Waals surface area contributed by atoms with Gasteiger partial charge in [0.15, 0.2) is 5.11 Å². The van der Waals surface area contributed by atoms with E-state index in [1.165, 1.54) is 0 Å². The number of amides is 1. The number of aromatic nitrogens is 2. The summed E-state index contributed by atoms with van der Waals surface area (Å²) in [6.45, 7) is 0.444. The van der Waals surface area contributed by atoms with Gasteiger partial charge in [-0.15, -0.1) is 0 Å². The van der Waals surface area contributed by atoms with Gasteiger partial charge in [-0.05, 0) is 72.9 Å². The van der Waals surface area contributed by atoms with E-state index in [0.717, 1.165) is 22.8 Å². The summed E-state index contributed by atoms with van der Waals surface area (Å²) in [6, 6.07) is 26.0. The Morgan fingerprint density at radius 1 is 1.00 bits per heavy atom. The normalized spacial score (nSPS) is 17.3. The molecule has 0 spiro atoms. The summed E-state index contributed by atoms with van der Waals surface area (Å²) in [5, 5.41) is 16.7. The molecule has 176 valence electrons. The molecule has 2 atom stereocenters. The number of phenolic OH excluding ortho intramolecular Hbond substituents is 1. The number of nitrogens with zero attached hydrogens (tertiary/aromatic N) is 3. The minimum atomic E-state index is -0.189. The van der Waals surface area contributed by atoms with E-state index in [1.54, 1.807) is 18.3 Å². The molecule has 1 fully saturated rings. The van der Waals surface area contributed by atoms with Crippen LogP contribution in [0.15, 0.2) is 97.3 Å². The van der Waals surface area contributed by atoms with E-state index in [9.17, 15) is 9.90 Å². The lowest BCUT2D eigenvalue weighted by molar-refractivity contribution is -0.116. The highest BCUT2D eigenvalue weighted by molar-refractivity contribution is 7.80. The summed E-state index contributed by atoms with van der Waals surface area (Å²) >= 11 is 5.74. The van der Waals surface area contributed by atoms with E-state index in [1.807, 2.05) is 72.9 Å². The zero-order chi connectivity index (χ0) is 24.2. The third-order valence-electron chi connectivity index (χ3n) is 6.05. The molecule has 8 heteroatoms. The molecular formula is C27H25N5O2S. The first kappa shape index (κ1) is 22.6. The molecule has 2 unspecified atom stereocenters. The Bertz CT molecular complexity index is 1310. The lowest BCUT2D eigenvalue weighted by Crippen LogP contribution is -2.33. The Hall–Kier alpha value is -4.17. The molecule has 4 aromatic rings. The Morgan fingerprint density at radius 2 is 1.77 bits per heavy atom. The van der Waals surface area contributed by atoms with E-state index in [-0.39, 0.29) is 30.2 Å². The number of anilines is 1. The molecule has 1 aliphatic rings. The van der Waals surface area contributed by atoms with Crippen LogP contribution in [-0.2, 0) is 4.79 Å². The van der Waals surface area contributed by atoms with Crippen LogP contribution in [0.4, 0.5) is 5.69 Å². The summed E-state index contributed by atoms with van der Waals surface area (Å²) in [4.78, 5) is 19.3. The first-order valence-corrected chi connectivity index (χ1v) is 11.8. The highest BCUT2D eigenvalue weighted by Gasteiger charge is 2.41. The van der Waals surface area contributed by atoms with Crippen LogP contribution >= 0.6 is 12.2 Å². The van der Waals surface area contributed by atoms with Gasteiger partial charge < -0.3 is 25.2 Å². The van der Waals surface area contributed by atoms with Crippen molar-refractivity contribution in [3.63, 3.8) is 0 Å². The lowest BCUT2D eigenvalue weighted by atomic mass is 10.0. The smallest absolute Gasteiger partial charge is 0.226 e. The molecule has 1 amide bonds. The van der Waals surface area contributed by atoms with Crippen LogP contribution in [0.1, 0.15) is 29.9 Å². The quantitative estimate of drug-likeness (QED) is 0.334. The first-order valence-electron chi connectivity index (χ1n) is 11.4. The van der Waals surface area contributed by atoms with Gasteiger partial charge >= 0.3 is 0 Å². The predicted octanol–water partition coefficient (Wildman–Crippen LogP) is 4.58. The van der Waals surface area contributed by atoms with Crippen molar-refractivity contribution in [2.45, 2.75) is 18.5 Å². The van der Waals surface area contributed by atoms with Gasteiger partial charge in [0.2, 0.25) is 5.91 Å². The summed E-state index contributed by atoms with van der Waals surface area (Å²) in [5.41, 5.74) is 3.56.